The number of nitrogens with zero attached hydrogens (tertiary/aromatic N) is 1. The Balaban J connectivity index is 0. The third-order valence-electron chi connectivity index (χ3n) is 3.66. The van der Waals surface area contributed by atoms with Gasteiger partial charge in [-0.1, -0.05) is 84.5 Å². The second-order valence-corrected chi connectivity index (χ2v) is 6.76. The minimum absolute atomic E-state index is 0.845. The molecular formula is C19H42ClN. The van der Waals surface area contributed by atoms with Gasteiger partial charge in [0.05, 0.1) is 0 Å². The van der Waals surface area contributed by atoms with Crippen LogP contribution in [0.4, 0.5) is 0 Å². The Hall–Kier alpha value is 0.250. The third-order valence-corrected chi connectivity index (χ3v) is 3.93. The zero-order chi connectivity index (χ0) is 16.2. The van der Waals surface area contributed by atoms with E-state index >= 15 is 0 Å². The summed E-state index contributed by atoms with van der Waals surface area (Å²) in [6.07, 6.45) is 18.1. The minimum atomic E-state index is 0.845. The second-order valence-electron chi connectivity index (χ2n) is 6.38. The highest BCUT2D eigenvalue weighted by Gasteiger charge is 1.92. The number of halogens is 1. The van der Waals surface area contributed by atoms with E-state index in [2.05, 4.69) is 32.8 Å². The molecule has 0 saturated heterocycles. The van der Waals surface area contributed by atoms with Gasteiger partial charge >= 0.3 is 0 Å². The highest BCUT2D eigenvalue weighted by Crippen LogP contribution is 2.11. The van der Waals surface area contributed by atoms with Crippen molar-refractivity contribution in [1.29, 1.82) is 0 Å². The molecule has 0 spiro atoms. The molecule has 0 aliphatic carbocycles. The molecule has 0 radical (unpaired) electrons. The van der Waals surface area contributed by atoms with Crippen LogP contribution in [-0.4, -0.2) is 31.4 Å². The van der Waals surface area contributed by atoms with E-state index in [1.807, 2.05) is 0 Å². The summed E-state index contributed by atoms with van der Waals surface area (Å²) in [5.41, 5.74) is 0. The summed E-state index contributed by atoms with van der Waals surface area (Å²) >= 11 is 5.62. The molecular weight excluding hydrogens is 278 g/mol. The van der Waals surface area contributed by atoms with E-state index in [0.29, 0.717) is 0 Å². The highest BCUT2D eigenvalue weighted by molar-refractivity contribution is 6.17. The average molecular weight is 320 g/mol. The summed E-state index contributed by atoms with van der Waals surface area (Å²) in [6.45, 7) is 5.67. The molecule has 0 rings (SSSR count). The van der Waals surface area contributed by atoms with Gasteiger partial charge < -0.3 is 4.90 Å². The van der Waals surface area contributed by atoms with Gasteiger partial charge in [0.2, 0.25) is 0 Å². The first kappa shape index (κ1) is 23.5. The van der Waals surface area contributed by atoms with Crippen molar-refractivity contribution in [3.05, 3.63) is 0 Å². The predicted octanol–water partition coefficient (Wildman–Crippen LogP) is 6.88. The van der Waals surface area contributed by atoms with Crippen molar-refractivity contribution < 1.29 is 0 Å². The van der Waals surface area contributed by atoms with Gasteiger partial charge in [0.25, 0.3) is 0 Å². The molecule has 0 bridgehead atoms. The van der Waals surface area contributed by atoms with Gasteiger partial charge in [-0.3, -0.25) is 0 Å². The number of alkyl halides is 1. The summed E-state index contributed by atoms with van der Waals surface area (Å²) in [5.74, 6) is 0.845. The van der Waals surface area contributed by atoms with E-state index in [4.69, 9.17) is 11.6 Å². The minimum Gasteiger partial charge on any atom is -0.309 e. The lowest BCUT2D eigenvalue weighted by Crippen LogP contribution is -2.11. The zero-order valence-electron chi connectivity index (χ0n) is 15.4. The molecule has 0 amide bonds. The second kappa shape index (κ2) is 22.5. The Labute approximate surface area is 140 Å². The zero-order valence-corrected chi connectivity index (χ0v) is 16.2. The molecule has 0 saturated carbocycles. The normalized spacial score (nSPS) is 10.6. The van der Waals surface area contributed by atoms with E-state index in [1.54, 1.807) is 0 Å². The summed E-state index contributed by atoms with van der Waals surface area (Å²) in [4.78, 5) is 2.18. The molecule has 0 unspecified atom stereocenters. The van der Waals surface area contributed by atoms with E-state index in [1.165, 1.54) is 90.0 Å². The molecule has 0 fully saturated rings. The fourth-order valence-corrected chi connectivity index (χ4v) is 2.57. The molecule has 0 atom stereocenters. The maximum Gasteiger partial charge on any atom is 0.0223 e. The monoisotopic (exact) mass is 319 g/mol. The third kappa shape index (κ3) is 29.0. The molecule has 0 N–H and O–H groups in total. The van der Waals surface area contributed by atoms with Crippen molar-refractivity contribution in [3.8, 4) is 0 Å². The smallest absolute Gasteiger partial charge is 0.0223 e. The van der Waals surface area contributed by atoms with E-state index in [0.717, 1.165) is 5.88 Å². The van der Waals surface area contributed by atoms with Crippen LogP contribution in [0.15, 0.2) is 0 Å². The van der Waals surface area contributed by atoms with Crippen LogP contribution in [0.3, 0.4) is 0 Å². The van der Waals surface area contributed by atoms with Crippen molar-refractivity contribution in [2.24, 2.45) is 0 Å². The van der Waals surface area contributed by atoms with Crippen molar-refractivity contribution >= 4 is 11.6 Å². The van der Waals surface area contributed by atoms with Gasteiger partial charge in [-0.15, -0.1) is 11.6 Å². The molecule has 1 nitrogen and oxygen atoms in total. The van der Waals surface area contributed by atoms with Gasteiger partial charge in [-0.25, -0.2) is 0 Å². The SMILES string of the molecule is CCCCCCCCCCCCCCCl.CCCN(C)C. The van der Waals surface area contributed by atoms with Crippen LogP contribution in [0, 0.1) is 0 Å². The molecule has 0 aliphatic rings. The summed E-state index contributed by atoms with van der Waals surface area (Å²) < 4.78 is 0. The largest absolute Gasteiger partial charge is 0.309 e. The first-order valence-corrected chi connectivity index (χ1v) is 9.93. The standard InChI is InChI=1S/C14H29Cl.C5H13N/c1-2-3-4-5-6-7-8-9-10-11-12-13-14-15;1-4-5-6(2)3/h2-14H2,1H3;4-5H2,1-3H3. The lowest BCUT2D eigenvalue weighted by Gasteiger charge is -2.03. The van der Waals surface area contributed by atoms with E-state index in [9.17, 15) is 0 Å². The first-order valence-electron chi connectivity index (χ1n) is 9.39. The maximum atomic E-state index is 5.62. The van der Waals surface area contributed by atoms with Crippen LogP contribution in [0.5, 0.6) is 0 Å². The highest BCUT2D eigenvalue weighted by atomic mass is 35.5. The molecule has 0 aromatic rings. The molecule has 0 aromatic heterocycles. The van der Waals surface area contributed by atoms with Crippen LogP contribution in [0.25, 0.3) is 0 Å². The van der Waals surface area contributed by atoms with Gasteiger partial charge in [0.1, 0.15) is 0 Å². The fourth-order valence-electron chi connectivity index (χ4n) is 2.38. The number of hydrogen-bond acceptors (Lipinski definition) is 1. The van der Waals surface area contributed by atoms with Crippen molar-refractivity contribution in [2.45, 2.75) is 97.3 Å². The Kier molecular flexibility index (Phi) is 25.2. The number of unbranched alkanes of at least 4 members (excludes halogenated alkanes) is 11. The van der Waals surface area contributed by atoms with Gasteiger partial charge in [0, 0.05) is 5.88 Å². The predicted molar refractivity (Wildman–Crippen MR) is 101 cm³/mol. The Morgan fingerprint density at radius 1 is 0.571 bits per heavy atom. The molecule has 21 heavy (non-hydrogen) atoms. The number of hydrogen-bond donors (Lipinski definition) is 0. The van der Waals surface area contributed by atoms with E-state index in [-0.39, 0.29) is 0 Å². The first-order chi connectivity index (χ1) is 10.2. The maximum absolute atomic E-state index is 5.62. The Morgan fingerprint density at radius 2 is 0.952 bits per heavy atom. The summed E-state index contributed by atoms with van der Waals surface area (Å²) in [6, 6.07) is 0. The number of rotatable bonds is 14. The van der Waals surface area contributed by atoms with Gasteiger partial charge in [0.15, 0.2) is 0 Å². The lowest BCUT2D eigenvalue weighted by molar-refractivity contribution is 0.408. The molecule has 0 aliphatic heterocycles. The molecule has 0 aromatic carbocycles. The van der Waals surface area contributed by atoms with Crippen molar-refractivity contribution in [3.63, 3.8) is 0 Å². The van der Waals surface area contributed by atoms with Crippen LogP contribution >= 0.6 is 11.6 Å². The van der Waals surface area contributed by atoms with Crippen LogP contribution < -0.4 is 0 Å². The van der Waals surface area contributed by atoms with Gasteiger partial charge in [-0.05, 0) is 33.5 Å². The van der Waals surface area contributed by atoms with Crippen LogP contribution in [-0.2, 0) is 0 Å². The topological polar surface area (TPSA) is 3.24 Å². The van der Waals surface area contributed by atoms with Crippen molar-refractivity contribution in [2.75, 3.05) is 26.5 Å². The fraction of sp³-hybridized carbons (Fsp3) is 1.00. The summed E-state index contributed by atoms with van der Waals surface area (Å²) in [7, 11) is 4.17. The summed E-state index contributed by atoms with van der Waals surface area (Å²) in [5, 5.41) is 0. The van der Waals surface area contributed by atoms with Gasteiger partial charge in [-0.2, -0.15) is 0 Å². The molecule has 130 valence electrons. The van der Waals surface area contributed by atoms with Crippen molar-refractivity contribution in [1.82, 2.24) is 4.90 Å². The molecule has 0 heterocycles. The molecule has 2 heteroatoms. The van der Waals surface area contributed by atoms with Crippen LogP contribution in [0.2, 0.25) is 0 Å². The Morgan fingerprint density at radius 3 is 1.19 bits per heavy atom. The lowest BCUT2D eigenvalue weighted by atomic mass is 10.1. The Bertz CT molecular complexity index is 148. The quantitative estimate of drug-likeness (QED) is 0.249. The van der Waals surface area contributed by atoms with Crippen LogP contribution in [0.1, 0.15) is 97.3 Å². The average Bonchev–Trinajstić information content (AvgIpc) is 2.45. The van der Waals surface area contributed by atoms with E-state index < -0.39 is 0 Å².